The third-order valence-electron chi connectivity index (χ3n) is 2.44. The van der Waals surface area contributed by atoms with Crippen LogP contribution in [0.4, 0.5) is 0 Å². The summed E-state index contributed by atoms with van der Waals surface area (Å²) in [7, 11) is 0. The minimum Gasteiger partial charge on any atom is -0.445 e. The van der Waals surface area contributed by atoms with Gasteiger partial charge < -0.3 is 9.15 Å². The molecule has 0 spiro atoms. The Labute approximate surface area is 88.4 Å². The predicted octanol–water partition coefficient (Wildman–Crippen LogP) is 2.35. The lowest BCUT2D eigenvalue weighted by Gasteiger charge is -2.19. The monoisotopic (exact) mass is 215 g/mol. The van der Waals surface area contributed by atoms with Gasteiger partial charge in [0.05, 0.1) is 12.8 Å². The normalized spacial score (nSPS) is 22.5. The molecule has 1 fully saturated rings. The highest BCUT2D eigenvalue weighted by Gasteiger charge is 2.19. The zero-order valence-corrected chi connectivity index (χ0v) is 8.79. The van der Waals surface area contributed by atoms with E-state index in [-0.39, 0.29) is 0 Å². The Morgan fingerprint density at radius 2 is 2.50 bits per heavy atom. The van der Waals surface area contributed by atoms with Crippen LogP contribution >= 0.6 is 11.6 Å². The highest BCUT2D eigenvalue weighted by Crippen LogP contribution is 2.25. The van der Waals surface area contributed by atoms with Gasteiger partial charge in [-0.3, -0.25) is 0 Å². The number of halogens is 1. The van der Waals surface area contributed by atoms with Crippen molar-refractivity contribution in [2.75, 3.05) is 19.1 Å². The van der Waals surface area contributed by atoms with Crippen LogP contribution < -0.4 is 0 Å². The van der Waals surface area contributed by atoms with Crippen molar-refractivity contribution < 1.29 is 9.15 Å². The largest absolute Gasteiger partial charge is 0.445 e. The molecule has 1 unspecified atom stereocenters. The summed E-state index contributed by atoms with van der Waals surface area (Å²) in [5.41, 5.74) is 0. The average Bonchev–Trinajstić information content (AvgIpc) is 2.68. The lowest BCUT2D eigenvalue weighted by atomic mass is 10.0. The smallest absolute Gasteiger partial charge is 0.195 e. The highest BCUT2D eigenvalue weighted by molar-refractivity contribution is 6.17. The fourth-order valence-electron chi connectivity index (χ4n) is 1.67. The van der Waals surface area contributed by atoms with Crippen LogP contribution in [0.1, 0.15) is 30.4 Å². The van der Waals surface area contributed by atoms with Gasteiger partial charge in [0.25, 0.3) is 0 Å². The van der Waals surface area contributed by atoms with Crippen LogP contribution in [0, 0.1) is 0 Å². The van der Waals surface area contributed by atoms with Gasteiger partial charge in [0.2, 0.25) is 0 Å². The Morgan fingerprint density at radius 1 is 1.57 bits per heavy atom. The molecule has 1 saturated heterocycles. The van der Waals surface area contributed by atoms with Gasteiger partial charge in [0.1, 0.15) is 5.76 Å². The zero-order valence-electron chi connectivity index (χ0n) is 8.04. The minimum atomic E-state index is 0.389. The van der Waals surface area contributed by atoms with Gasteiger partial charge in [-0.2, -0.15) is 0 Å². The van der Waals surface area contributed by atoms with Crippen molar-refractivity contribution in [1.82, 2.24) is 4.98 Å². The second-order valence-electron chi connectivity index (χ2n) is 3.51. The van der Waals surface area contributed by atoms with Gasteiger partial charge in [-0.15, -0.1) is 11.6 Å². The summed E-state index contributed by atoms with van der Waals surface area (Å²) in [5.74, 6) is 2.63. The van der Waals surface area contributed by atoms with Gasteiger partial charge in [0, 0.05) is 24.8 Å². The number of alkyl halides is 1. The van der Waals surface area contributed by atoms with E-state index in [4.69, 9.17) is 20.8 Å². The number of rotatable bonds is 3. The molecule has 3 nitrogen and oxygen atoms in total. The molecule has 0 radical (unpaired) electrons. The van der Waals surface area contributed by atoms with Crippen molar-refractivity contribution >= 4 is 11.6 Å². The van der Waals surface area contributed by atoms with Gasteiger partial charge >= 0.3 is 0 Å². The van der Waals surface area contributed by atoms with Crippen molar-refractivity contribution in [1.29, 1.82) is 0 Å². The SMILES string of the molecule is ClCCc1ncc(C2CCCOC2)o1. The third kappa shape index (κ3) is 2.28. The second kappa shape index (κ2) is 4.80. The van der Waals surface area contributed by atoms with Crippen LogP contribution in [0.25, 0.3) is 0 Å². The molecular formula is C10H14ClNO2. The first-order valence-corrected chi connectivity index (χ1v) is 5.52. The van der Waals surface area contributed by atoms with Crippen molar-refractivity contribution in [2.45, 2.75) is 25.2 Å². The lowest BCUT2D eigenvalue weighted by Crippen LogP contribution is -2.14. The Kier molecular flexibility index (Phi) is 3.43. The number of oxazole rings is 1. The highest BCUT2D eigenvalue weighted by atomic mass is 35.5. The molecule has 78 valence electrons. The first-order chi connectivity index (χ1) is 6.90. The van der Waals surface area contributed by atoms with Crippen molar-refractivity contribution in [2.24, 2.45) is 0 Å². The second-order valence-corrected chi connectivity index (χ2v) is 3.89. The van der Waals surface area contributed by atoms with E-state index in [0.717, 1.165) is 37.7 Å². The summed E-state index contributed by atoms with van der Waals surface area (Å²) < 4.78 is 11.0. The molecule has 0 bridgehead atoms. The molecule has 4 heteroatoms. The first kappa shape index (κ1) is 9.99. The predicted molar refractivity (Wildman–Crippen MR) is 53.7 cm³/mol. The summed E-state index contributed by atoms with van der Waals surface area (Å²) in [6, 6.07) is 0. The molecule has 0 amide bonds. The maximum atomic E-state index is 5.61. The van der Waals surface area contributed by atoms with Crippen LogP contribution in [0.5, 0.6) is 0 Å². The van der Waals surface area contributed by atoms with Gasteiger partial charge in [-0.1, -0.05) is 0 Å². The Hall–Kier alpha value is -0.540. The quantitative estimate of drug-likeness (QED) is 0.727. The number of hydrogen-bond acceptors (Lipinski definition) is 3. The molecule has 2 heterocycles. The van der Waals surface area contributed by atoms with E-state index < -0.39 is 0 Å². The van der Waals surface area contributed by atoms with E-state index in [1.807, 2.05) is 0 Å². The number of hydrogen-bond donors (Lipinski definition) is 0. The Balaban J connectivity index is 2.00. The van der Waals surface area contributed by atoms with Crippen LogP contribution in [-0.2, 0) is 11.2 Å². The topological polar surface area (TPSA) is 35.3 Å². The van der Waals surface area contributed by atoms with E-state index in [2.05, 4.69) is 4.98 Å². The van der Waals surface area contributed by atoms with E-state index in [0.29, 0.717) is 18.2 Å². The summed E-state index contributed by atoms with van der Waals surface area (Å²) in [6.45, 7) is 1.63. The lowest BCUT2D eigenvalue weighted by molar-refractivity contribution is 0.0738. The van der Waals surface area contributed by atoms with Crippen LogP contribution in [0.3, 0.4) is 0 Å². The molecule has 1 atom stereocenters. The molecule has 0 N–H and O–H groups in total. The molecule has 1 aliphatic heterocycles. The fraction of sp³-hybridized carbons (Fsp3) is 0.700. The van der Waals surface area contributed by atoms with Crippen LogP contribution in [0.2, 0.25) is 0 Å². The molecule has 1 aromatic heterocycles. The van der Waals surface area contributed by atoms with E-state index in [1.165, 1.54) is 0 Å². The first-order valence-electron chi connectivity index (χ1n) is 4.98. The number of nitrogens with zero attached hydrogens (tertiary/aromatic N) is 1. The van der Waals surface area contributed by atoms with Crippen molar-refractivity contribution in [3.8, 4) is 0 Å². The summed E-state index contributed by atoms with van der Waals surface area (Å²) in [5, 5.41) is 0. The molecule has 1 aromatic rings. The average molecular weight is 216 g/mol. The molecule has 14 heavy (non-hydrogen) atoms. The van der Waals surface area contributed by atoms with Crippen LogP contribution in [0.15, 0.2) is 10.6 Å². The molecule has 0 saturated carbocycles. The number of ether oxygens (including phenoxy) is 1. The standard InChI is InChI=1S/C10H14ClNO2/c11-4-3-10-12-6-9(14-10)8-2-1-5-13-7-8/h6,8H,1-5,7H2. The molecular weight excluding hydrogens is 202 g/mol. The maximum absolute atomic E-state index is 5.61. The van der Waals surface area contributed by atoms with E-state index >= 15 is 0 Å². The van der Waals surface area contributed by atoms with Gasteiger partial charge in [-0.05, 0) is 12.8 Å². The van der Waals surface area contributed by atoms with E-state index in [9.17, 15) is 0 Å². The molecule has 2 rings (SSSR count). The third-order valence-corrected chi connectivity index (χ3v) is 2.63. The number of aryl methyl sites for hydroxylation is 1. The summed E-state index contributed by atoms with van der Waals surface area (Å²) >= 11 is 5.61. The summed E-state index contributed by atoms with van der Waals surface area (Å²) in [6.07, 6.45) is 4.75. The number of aromatic nitrogens is 1. The van der Waals surface area contributed by atoms with Crippen LogP contribution in [-0.4, -0.2) is 24.1 Å². The molecule has 1 aliphatic rings. The van der Waals surface area contributed by atoms with Crippen molar-refractivity contribution in [3.05, 3.63) is 17.8 Å². The Morgan fingerprint density at radius 3 is 3.21 bits per heavy atom. The maximum Gasteiger partial charge on any atom is 0.195 e. The minimum absolute atomic E-state index is 0.389. The van der Waals surface area contributed by atoms with E-state index in [1.54, 1.807) is 6.20 Å². The fourth-order valence-corrected chi connectivity index (χ4v) is 1.84. The Bertz CT molecular complexity index is 281. The molecule has 0 aliphatic carbocycles. The molecule has 0 aromatic carbocycles. The van der Waals surface area contributed by atoms with Gasteiger partial charge in [0.15, 0.2) is 5.89 Å². The van der Waals surface area contributed by atoms with Crippen molar-refractivity contribution in [3.63, 3.8) is 0 Å². The van der Waals surface area contributed by atoms with Gasteiger partial charge in [-0.25, -0.2) is 4.98 Å². The zero-order chi connectivity index (χ0) is 9.80. The summed E-state index contributed by atoms with van der Waals surface area (Å²) in [4.78, 5) is 4.17.